The fraction of sp³-hybridized carbons (Fsp3) is 0.500. The van der Waals surface area contributed by atoms with Crippen molar-refractivity contribution in [2.45, 2.75) is 120 Å². The van der Waals surface area contributed by atoms with Gasteiger partial charge in [-0.2, -0.15) is 0 Å². The standard InChI is InChI=1S/C50H58N2O8/c1-48(2)30-38-33(17-18-43-49(3,59-43)20-19-39(38)48)23-32-13-10-16-34(24-32)47(56)57-41-26-37(27-42-44(41)60-50(58-42)28-35-14-8-9-15-36(35)29-50)46(55)52(4)40(45(54)51-21-22-53)25-31-11-6-5-7-12-31/h5-16,23-24,27,38-44,53H,17-22,25-26,28-30H2,1-4H3,(H,51,54). The fourth-order valence-corrected chi connectivity index (χ4v) is 10.9. The Labute approximate surface area is 353 Å². The van der Waals surface area contributed by atoms with Crippen molar-refractivity contribution in [1.82, 2.24) is 10.2 Å². The molecule has 3 aromatic rings. The largest absolute Gasteiger partial charge is 0.456 e. The Morgan fingerprint density at radius 2 is 1.70 bits per heavy atom. The van der Waals surface area contributed by atoms with E-state index in [0.717, 1.165) is 54.4 Å². The summed E-state index contributed by atoms with van der Waals surface area (Å²) < 4.78 is 26.1. The van der Waals surface area contributed by atoms with E-state index in [-0.39, 0.29) is 43.4 Å². The van der Waals surface area contributed by atoms with Gasteiger partial charge in [-0.3, -0.25) is 9.59 Å². The molecule has 3 aromatic carbocycles. The summed E-state index contributed by atoms with van der Waals surface area (Å²) in [5.41, 5.74) is 6.69. The van der Waals surface area contributed by atoms with Gasteiger partial charge in [-0.25, -0.2) is 4.79 Å². The number of allylic oxidation sites excluding steroid dienone is 1. The van der Waals surface area contributed by atoms with E-state index in [4.69, 9.17) is 18.9 Å². The van der Waals surface area contributed by atoms with E-state index >= 15 is 0 Å². The first-order valence-electron chi connectivity index (χ1n) is 21.9. The monoisotopic (exact) mass is 814 g/mol. The lowest BCUT2D eigenvalue weighted by atomic mass is 9.52. The van der Waals surface area contributed by atoms with Crippen LogP contribution < -0.4 is 5.32 Å². The molecule has 2 N–H and O–H groups in total. The van der Waals surface area contributed by atoms with E-state index in [9.17, 15) is 19.5 Å². The Bertz CT molecular complexity index is 2170. The third-order valence-electron chi connectivity index (χ3n) is 14.4. The SMILES string of the molecule is CN(C(=O)C1=CC2OC3(Cc4ccccc4C3)OC2C(OC(=O)c2cccc(C=C3CCC4OC4(C)CCC4C3CC4(C)C)c2)C1)C(Cc1ccccc1)C(=O)NCCO. The van der Waals surface area contributed by atoms with Crippen LogP contribution in [-0.4, -0.2) is 89.8 Å². The van der Waals surface area contributed by atoms with Gasteiger partial charge >= 0.3 is 5.97 Å². The minimum Gasteiger partial charge on any atom is -0.456 e. The van der Waals surface area contributed by atoms with Crippen molar-refractivity contribution in [3.05, 3.63) is 124 Å². The maximum atomic E-state index is 14.5. The van der Waals surface area contributed by atoms with Crippen molar-refractivity contribution in [3.8, 4) is 0 Å². The second-order valence-electron chi connectivity index (χ2n) is 18.9. The second kappa shape index (κ2) is 16.0. The van der Waals surface area contributed by atoms with Crippen molar-refractivity contribution in [3.63, 3.8) is 0 Å². The van der Waals surface area contributed by atoms with Crippen LogP contribution in [0.2, 0.25) is 0 Å². The van der Waals surface area contributed by atoms with Crippen LogP contribution in [0.25, 0.3) is 6.08 Å². The van der Waals surface area contributed by atoms with Gasteiger partial charge in [0.1, 0.15) is 24.4 Å². The number of nitrogens with zero attached hydrogens (tertiary/aromatic N) is 1. The number of carbonyl (C=O) groups excluding carboxylic acids is 3. The van der Waals surface area contributed by atoms with Gasteiger partial charge in [0.05, 0.1) is 23.9 Å². The van der Waals surface area contributed by atoms with E-state index in [1.807, 2.05) is 54.6 Å². The Balaban J connectivity index is 0.972. The third-order valence-corrected chi connectivity index (χ3v) is 14.4. The molecule has 0 bridgehead atoms. The number of aliphatic hydroxyl groups is 1. The summed E-state index contributed by atoms with van der Waals surface area (Å²) in [6.07, 6.45) is 9.13. The van der Waals surface area contributed by atoms with Crippen LogP contribution in [0.1, 0.15) is 91.9 Å². The predicted octanol–water partition coefficient (Wildman–Crippen LogP) is 6.78. The zero-order chi connectivity index (χ0) is 41.8. The number of benzene rings is 3. The smallest absolute Gasteiger partial charge is 0.338 e. The zero-order valence-electron chi connectivity index (χ0n) is 35.2. The molecule has 0 radical (unpaired) electrons. The van der Waals surface area contributed by atoms with Crippen molar-refractivity contribution in [2.75, 3.05) is 20.2 Å². The molecule has 2 saturated carbocycles. The average Bonchev–Trinajstić information content (AvgIpc) is 3.52. The van der Waals surface area contributed by atoms with Crippen LogP contribution in [-0.2, 0) is 47.8 Å². The minimum atomic E-state index is -0.954. The number of hydrogen-bond donors (Lipinski definition) is 2. The number of epoxide rings is 1. The van der Waals surface area contributed by atoms with E-state index in [1.54, 1.807) is 19.2 Å². The highest BCUT2D eigenvalue weighted by Gasteiger charge is 2.57. The van der Waals surface area contributed by atoms with E-state index in [2.05, 4.69) is 50.4 Å². The van der Waals surface area contributed by atoms with Crippen LogP contribution in [0.5, 0.6) is 0 Å². The molecule has 60 heavy (non-hydrogen) atoms. The Hall–Kier alpha value is -4.61. The molecule has 8 unspecified atom stereocenters. The highest BCUT2D eigenvalue weighted by Crippen LogP contribution is 2.60. The van der Waals surface area contributed by atoms with Crippen molar-refractivity contribution < 1.29 is 38.4 Å². The summed E-state index contributed by atoms with van der Waals surface area (Å²) in [5.74, 6) is -1.06. The zero-order valence-corrected chi connectivity index (χ0v) is 35.2. The molecule has 316 valence electrons. The van der Waals surface area contributed by atoms with Crippen LogP contribution in [0.3, 0.4) is 0 Å². The first kappa shape index (κ1) is 40.8. The molecule has 8 atom stereocenters. The summed E-state index contributed by atoms with van der Waals surface area (Å²) in [6.45, 7) is 6.89. The van der Waals surface area contributed by atoms with Gasteiger partial charge in [0.15, 0.2) is 5.79 Å². The number of nitrogens with one attached hydrogen (secondary N) is 1. The lowest BCUT2D eigenvalue weighted by Gasteiger charge is -2.53. The summed E-state index contributed by atoms with van der Waals surface area (Å²) in [5, 5.41) is 12.2. The Morgan fingerprint density at radius 3 is 2.43 bits per heavy atom. The average molecular weight is 815 g/mol. The quantitative estimate of drug-likeness (QED) is 0.170. The van der Waals surface area contributed by atoms with E-state index < -0.39 is 36.1 Å². The van der Waals surface area contributed by atoms with Crippen LogP contribution >= 0.6 is 0 Å². The third kappa shape index (κ3) is 7.99. The van der Waals surface area contributed by atoms with Crippen LogP contribution in [0, 0.1) is 17.3 Å². The van der Waals surface area contributed by atoms with Gasteiger partial charge in [0.2, 0.25) is 11.8 Å². The molecule has 6 aliphatic rings. The summed E-state index contributed by atoms with van der Waals surface area (Å²) in [4.78, 5) is 43.7. The molecular weight excluding hydrogens is 757 g/mol. The number of hydrogen-bond acceptors (Lipinski definition) is 8. The van der Waals surface area contributed by atoms with Gasteiger partial charge in [0, 0.05) is 44.8 Å². The lowest BCUT2D eigenvalue weighted by molar-refractivity contribution is -0.172. The summed E-state index contributed by atoms with van der Waals surface area (Å²) >= 11 is 0. The van der Waals surface area contributed by atoms with Gasteiger partial charge < -0.3 is 34.3 Å². The molecular formula is C50H58N2O8. The number of rotatable bonds is 10. The van der Waals surface area contributed by atoms with Crippen LogP contribution in [0.15, 0.2) is 96.1 Å². The number of fused-ring (bicyclic) bond motifs is 4. The second-order valence-corrected chi connectivity index (χ2v) is 18.9. The molecule has 2 heterocycles. The number of carbonyl (C=O) groups is 3. The molecule has 1 spiro atoms. The van der Waals surface area contributed by atoms with Gasteiger partial charge in [-0.1, -0.05) is 92.2 Å². The lowest BCUT2D eigenvalue weighted by Crippen LogP contribution is -2.51. The number of aliphatic hydroxyl groups excluding tert-OH is 1. The van der Waals surface area contributed by atoms with E-state index in [0.29, 0.717) is 47.3 Å². The van der Waals surface area contributed by atoms with Crippen molar-refractivity contribution >= 4 is 23.9 Å². The predicted molar refractivity (Wildman–Crippen MR) is 227 cm³/mol. The molecule has 2 aliphatic heterocycles. The number of likely N-dealkylation sites (N-methyl/N-ethyl adjacent to an activating group) is 1. The summed E-state index contributed by atoms with van der Waals surface area (Å²) in [6, 6.07) is 24.5. The number of ether oxygens (including phenoxy) is 4. The fourth-order valence-electron chi connectivity index (χ4n) is 10.9. The number of amides is 2. The van der Waals surface area contributed by atoms with E-state index in [1.165, 1.54) is 10.5 Å². The maximum Gasteiger partial charge on any atom is 0.338 e. The molecule has 10 nitrogen and oxygen atoms in total. The first-order valence-corrected chi connectivity index (χ1v) is 21.9. The molecule has 4 aliphatic carbocycles. The number of esters is 1. The molecule has 2 saturated heterocycles. The Kier molecular flexibility index (Phi) is 10.9. The van der Waals surface area contributed by atoms with Crippen LogP contribution in [0.4, 0.5) is 0 Å². The first-order chi connectivity index (χ1) is 28.8. The highest BCUT2D eigenvalue weighted by atomic mass is 16.8. The molecule has 4 fully saturated rings. The molecule has 9 rings (SSSR count). The topological polar surface area (TPSA) is 127 Å². The Morgan fingerprint density at radius 1 is 0.950 bits per heavy atom. The highest BCUT2D eigenvalue weighted by molar-refractivity contribution is 5.97. The van der Waals surface area contributed by atoms with Gasteiger partial charge in [0.25, 0.3) is 0 Å². The van der Waals surface area contributed by atoms with Crippen molar-refractivity contribution in [1.29, 1.82) is 0 Å². The normalized spacial score (nSPS) is 30.5. The molecule has 0 aromatic heterocycles. The maximum absolute atomic E-state index is 14.5. The van der Waals surface area contributed by atoms with Gasteiger partial charge in [-0.15, -0.1) is 0 Å². The van der Waals surface area contributed by atoms with Gasteiger partial charge in [-0.05, 0) is 96.7 Å². The minimum absolute atomic E-state index is 0.0107. The summed E-state index contributed by atoms with van der Waals surface area (Å²) in [7, 11) is 1.62. The molecule has 2 amide bonds. The molecule has 10 heteroatoms. The van der Waals surface area contributed by atoms with Crippen molar-refractivity contribution in [2.24, 2.45) is 17.3 Å².